The Bertz CT molecular complexity index is 1100. The second-order valence-corrected chi connectivity index (χ2v) is 8.58. The van der Waals surface area contributed by atoms with Crippen LogP contribution in [0.15, 0.2) is 59.5 Å². The van der Waals surface area contributed by atoms with Gasteiger partial charge >= 0.3 is 0 Å². The summed E-state index contributed by atoms with van der Waals surface area (Å²) >= 11 is 0. The van der Waals surface area contributed by atoms with E-state index in [0.29, 0.717) is 12.1 Å². The van der Waals surface area contributed by atoms with Crippen molar-refractivity contribution < 1.29 is 5.11 Å². The lowest BCUT2D eigenvalue weighted by molar-refractivity contribution is 0.111. The van der Waals surface area contributed by atoms with E-state index in [1.807, 2.05) is 25.1 Å². The van der Waals surface area contributed by atoms with Crippen molar-refractivity contribution in [3.63, 3.8) is 0 Å². The molecule has 1 N–H and O–H groups in total. The minimum Gasteiger partial charge on any atom is -0.507 e. The van der Waals surface area contributed by atoms with Gasteiger partial charge in [-0.1, -0.05) is 42.8 Å². The summed E-state index contributed by atoms with van der Waals surface area (Å²) in [5, 5.41) is 11.0. The molecule has 0 saturated carbocycles. The number of pyridine rings is 2. The molecule has 0 spiro atoms. The van der Waals surface area contributed by atoms with E-state index in [1.54, 1.807) is 16.8 Å². The van der Waals surface area contributed by atoms with Crippen LogP contribution in [0.2, 0.25) is 0 Å². The molecule has 32 heavy (non-hydrogen) atoms. The Morgan fingerprint density at radius 2 is 1.75 bits per heavy atom. The van der Waals surface area contributed by atoms with Gasteiger partial charge < -0.3 is 14.6 Å². The number of nitrogens with zero attached hydrogens (tertiary/aromatic N) is 4. The van der Waals surface area contributed by atoms with Gasteiger partial charge in [-0.2, -0.15) is 0 Å². The van der Waals surface area contributed by atoms with Gasteiger partial charge in [-0.25, -0.2) is 0 Å². The highest BCUT2D eigenvalue weighted by molar-refractivity contribution is 5.41. The molecule has 0 radical (unpaired) electrons. The number of aromatic nitrogens is 2. The van der Waals surface area contributed by atoms with Crippen molar-refractivity contribution in [3.05, 3.63) is 93.2 Å². The zero-order valence-corrected chi connectivity index (χ0v) is 19.2. The van der Waals surface area contributed by atoms with Gasteiger partial charge in [0.25, 0.3) is 5.56 Å². The Labute approximate surface area is 189 Å². The molecule has 1 aromatic carbocycles. The van der Waals surface area contributed by atoms with E-state index >= 15 is 0 Å². The third-order valence-corrected chi connectivity index (χ3v) is 6.45. The molecule has 1 saturated heterocycles. The van der Waals surface area contributed by atoms with Crippen LogP contribution in [0.5, 0.6) is 5.75 Å². The first-order chi connectivity index (χ1) is 15.5. The molecule has 1 atom stereocenters. The summed E-state index contributed by atoms with van der Waals surface area (Å²) in [6.45, 7) is 11.1. The number of likely N-dealkylation sites (N-methyl/N-ethyl adjacent to an activating group) is 1. The molecule has 0 aliphatic carbocycles. The van der Waals surface area contributed by atoms with Crippen molar-refractivity contribution in [1.29, 1.82) is 0 Å². The molecule has 168 valence electrons. The molecule has 0 bridgehead atoms. The molecule has 0 amide bonds. The molecule has 0 unspecified atom stereocenters. The summed E-state index contributed by atoms with van der Waals surface area (Å²) in [4.78, 5) is 22.9. The van der Waals surface area contributed by atoms with Crippen LogP contribution < -0.4 is 5.56 Å². The second-order valence-electron chi connectivity index (χ2n) is 8.58. The summed E-state index contributed by atoms with van der Waals surface area (Å²) in [6, 6.07) is 15.4. The molecule has 4 rings (SSSR count). The van der Waals surface area contributed by atoms with Gasteiger partial charge in [0, 0.05) is 38.1 Å². The number of hydrogen-bond donors (Lipinski definition) is 1. The fourth-order valence-electron chi connectivity index (χ4n) is 4.52. The monoisotopic (exact) mass is 432 g/mol. The Morgan fingerprint density at radius 3 is 2.38 bits per heavy atom. The predicted molar refractivity (Wildman–Crippen MR) is 127 cm³/mol. The minimum absolute atomic E-state index is 0.0632. The van der Waals surface area contributed by atoms with E-state index in [2.05, 4.69) is 52.9 Å². The van der Waals surface area contributed by atoms with Crippen molar-refractivity contribution in [2.75, 3.05) is 32.7 Å². The van der Waals surface area contributed by atoms with Gasteiger partial charge in [-0.15, -0.1) is 0 Å². The highest BCUT2D eigenvalue weighted by Crippen LogP contribution is 2.33. The van der Waals surface area contributed by atoms with Crippen LogP contribution in [0, 0.1) is 13.8 Å². The summed E-state index contributed by atoms with van der Waals surface area (Å²) in [7, 11) is 0. The highest BCUT2D eigenvalue weighted by Gasteiger charge is 2.31. The van der Waals surface area contributed by atoms with E-state index in [1.165, 1.54) is 5.56 Å². The molecule has 3 heterocycles. The fourth-order valence-corrected chi connectivity index (χ4v) is 4.52. The zero-order valence-electron chi connectivity index (χ0n) is 19.2. The number of aromatic hydroxyl groups is 1. The van der Waals surface area contributed by atoms with Gasteiger partial charge in [-0.3, -0.25) is 14.7 Å². The maximum Gasteiger partial charge on any atom is 0.260 e. The third-order valence-electron chi connectivity index (χ3n) is 6.45. The van der Waals surface area contributed by atoms with Gasteiger partial charge in [0.2, 0.25) is 0 Å². The number of benzene rings is 1. The van der Waals surface area contributed by atoms with Gasteiger partial charge in [-0.05, 0) is 44.2 Å². The molecule has 2 aromatic heterocycles. The first-order valence-corrected chi connectivity index (χ1v) is 11.3. The smallest absolute Gasteiger partial charge is 0.260 e. The number of aryl methyl sites for hydroxylation is 2. The predicted octanol–water partition coefficient (Wildman–Crippen LogP) is 3.34. The van der Waals surface area contributed by atoms with Crippen LogP contribution in [0.4, 0.5) is 0 Å². The lowest BCUT2D eigenvalue weighted by Crippen LogP contribution is -2.48. The van der Waals surface area contributed by atoms with Gasteiger partial charge in [0.05, 0.1) is 23.8 Å². The Hall–Kier alpha value is -2.96. The van der Waals surface area contributed by atoms with Crippen molar-refractivity contribution in [2.24, 2.45) is 0 Å². The minimum atomic E-state index is -0.294. The van der Waals surface area contributed by atoms with Crippen LogP contribution in [0.25, 0.3) is 0 Å². The van der Waals surface area contributed by atoms with Crippen LogP contribution in [-0.4, -0.2) is 57.2 Å². The van der Waals surface area contributed by atoms with Crippen LogP contribution in [-0.2, 0) is 6.54 Å². The molecular formula is C26H32N4O2. The molecule has 1 aliphatic heterocycles. The topological polar surface area (TPSA) is 61.6 Å². The van der Waals surface area contributed by atoms with Crippen LogP contribution >= 0.6 is 0 Å². The lowest BCUT2D eigenvalue weighted by Gasteiger charge is -2.39. The lowest BCUT2D eigenvalue weighted by atomic mass is 9.95. The SMILES string of the molecule is CCN1CCN([C@H](c2ccc(C)cc2)c2c(O)cc(C)n(Cc3ccccn3)c2=O)CC1. The number of piperazine rings is 1. The largest absolute Gasteiger partial charge is 0.507 e. The van der Waals surface area contributed by atoms with Crippen molar-refractivity contribution in [3.8, 4) is 5.75 Å². The van der Waals surface area contributed by atoms with Crippen molar-refractivity contribution in [1.82, 2.24) is 19.4 Å². The van der Waals surface area contributed by atoms with Gasteiger partial charge in [0.15, 0.2) is 0 Å². The van der Waals surface area contributed by atoms with Crippen molar-refractivity contribution >= 4 is 0 Å². The first kappa shape index (κ1) is 22.2. The van der Waals surface area contributed by atoms with E-state index in [9.17, 15) is 9.90 Å². The van der Waals surface area contributed by atoms with Crippen LogP contribution in [0.3, 0.4) is 0 Å². The highest BCUT2D eigenvalue weighted by atomic mass is 16.3. The summed E-state index contributed by atoms with van der Waals surface area (Å²) < 4.78 is 1.72. The third kappa shape index (κ3) is 4.61. The normalized spacial score (nSPS) is 16.2. The second kappa shape index (κ2) is 9.67. The summed E-state index contributed by atoms with van der Waals surface area (Å²) in [5.41, 5.74) is 4.03. The van der Waals surface area contributed by atoms with E-state index in [-0.39, 0.29) is 17.4 Å². The van der Waals surface area contributed by atoms with Crippen molar-refractivity contribution in [2.45, 2.75) is 33.4 Å². The van der Waals surface area contributed by atoms with E-state index < -0.39 is 0 Å². The van der Waals surface area contributed by atoms with E-state index in [0.717, 1.165) is 49.7 Å². The average molecular weight is 433 g/mol. The maximum atomic E-state index is 13.8. The Kier molecular flexibility index (Phi) is 6.72. The summed E-state index contributed by atoms with van der Waals surface area (Å²) in [6.07, 6.45) is 1.74. The Morgan fingerprint density at radius 1 is 1.03 bits per heavy atom. The molecule has 1 fully saturated rings. The maximum absolute atomic E-state index is 13.8. The molecule has 6 heteroatoms. The summed E-state index contributed by atoms with van der Waals surface area (Å²) in [5.74, 6) is 0.0632. The molecule has 6 nitrogen and oxygen atoms in total. The molecule has 1 aliphatic rings. The molecule has 3 aromatic rings. The van der Waals surface area contributed by atoms with Crippen LogP contribution in [0.1, 0.15) is 41.0 Å². The quantitative estimate of drug-likeness (QED) is 0.647. The average Bonchev–Trinajstić information content (AvgIpc) is 2.81. The fraction of sp³-hybridized carbons (Fsp3) is 0.385. The Balaban J connectivity index is 1.80. The number of rotatable bonds is 6. The standard InChI is InChI=1S/C26H32N4O2/c1-4-28-13-15-29(16-14-28)25(21-10-8-19(2)9-11-21)24-23(31)17-20(3)30(26(24)32)18-22-7-5-6-12-27-22/h5-12,17,25,31H,4,13-16,18H2,1-3H3/t25-/m1/s1. The molecular weight excluding hydrogens is 400 g/mol. The van der Waals surface area contributed by atoms with E-state index in [4.69, 9.17) is 0 Å². The number of hydrogen-bond acceptors (Lipinski definition) is 5. The zero-order chi connectivity index (χ0) is 22.7. The van der Waals surface area contributed by atoms with Gasteiger partial charge in [0.1, 0.15) is 5.75 Å². The first-order valence-electron chi connectivity index (χ1n) is 11.3.